The van der Waals surface area contributed by atoms with Crippen molar-refractivity contribution in [2.45, 2.75) is 0 Å². The van der Waals surface area contributed by atoms with E-state index in [0.717, 1.165) is 77.5 Å². The van der Waals surface area contributed by atoms with E-state index in [9.17, 15) is 0 Å². The van der Waals surface area contributed by atoms with E-state index in [1.807, 2.05) is 28.9 Å². The molecule has 0 N–H and O–H groups in total. The molecular formula is C78H46N4S2. The second kappa shape index (κ2) is 18.5. The van der Waals surface area contributed by atoms with Gasteiger partial charge in [0.25, 0.3) is 0 Å². The first kappa shape index (κ1) is 47.2. The minimum absolute atomic E-state index is 0.997. The fourth-order valence-electron chi connectivity index (χ4n) is 13.1. The van der Waals surface area contributed by atoms with E-state index >= 15 is 0 Å². The van der Waals surface area contributed by atoms with Gasteiger partial charge in [-0.3, -0.25) is 9.97 Å². The lowest BCUT2D eigenvalue weighted by Crippen LogP contribution is -1.95. The summed E-state index contributed by atoms with van der Waals surface area (Å²) in [6.07, 6.45) is 4.09. The van der Waals surface area contributed by atoms with Gasteiger partial charge in [-0.05, 0) is 151 Å². The molecule has 84 heavy (non-hydrogen) atoms. The number of pyridine rings is 2. The van der Waals surface area contributed by atoms with Gasteiger partial charge in [0.1, 0.15) is 0 Å². The van der Waals surface area contributed by atoms with Crippen LogP contribution < -0.4 is 0 Å². The van der Waals surface area contributed by atoms with Gasteiger partial charge in [0.05, 0.1) is 33.1 Å². The predicted octanol–water partition coefficient (Wildman–Crippen LogP) is 22.0. The van der Waals surface area contributed by atoms with Crippen LogP contribution in [0, 0.1) is 0 Å². The van der Waals surface area contributed by atoms with Crippen molar-refractivity contribution >= 4 is 128 Å². The summed E-state index contributed by atoms with van der Waals surface area (Å²) in [7, 11) is 0. The fraction of sp³-hybridized carbons (Fsp3) is 0. The molecule has 0 saturated carbocycles. The van der Waals surface area contributed by atoms with Crippen LogP contribution in [0.1, 0.15) is 0 Å². The van der Waals surface area contributed by atoms with Crippen molar-refractivity contribution in [1.29, 1.82) is 0 Å². The summed E-state index contributed by atoms with van der Waals surface area (Å²) in [5.41, 5.74) is 20.2. The Labute approximate surface area is 490 Å². The molecule has 0 bridgehead atoms. The smallest absolute Gasteiger partial charge is 0.0964 e. The number of thiophene rings is 2. The summed E-state index contributed by atoms with van der Waals surface area (Å²) in [5, 5.41) is 12.3. The molecule has 390 valence electrons. The molecule has 0 fully saturated rings. The van der Waals surface area contributed by atoms with Gasteiger partial charge in [0.2, 0.25) is 0 Å². The molecule has 0 saturated heterocycles. The van der Waals surface area contributed by atoms with Crippen LogP contribution in [0.2, 0.25) is 0 Å². The molecule has 4 nitrogen and oxygen atoms in total. The van der Waals surface area contributed by atoms with Gasteiger partial charge in [-0.2, -0.15) is 0 Å². The van der Waals surface area contributed by atoms with E-state index in [4.69, 9.17) is 9.97 Å². The molecule has 0 spiro atoms. The zero-order valence-electron chi connectivity index (χ0n) is 45.2. The number of hydrogen-bond donors (Lipinski definition) is 0. The molecule has 12 aromatic carbocycles. The first-order valence-electron chi connectivity index (χ1n) is 28.5. The van der Waals surface area contributed by atoms with Crippen LogP contribution in [0.5, 0.6) is 0 Å². The average Bonchev–Trinajstić information content (AvgIpc) is 1.91. The van der Waals surface area contributed by atoms with Crippen LogP contribution in [0.3, 0.4) is 0 Å². The summed E-state index contributed by atoms with van der Waals surface area (Å²) >= 11 is 3.72. The van der Waals surface area contributed by atoms with Crippen molar-refractivity contribution in [2.24, 2.45) is 0 Å². The van der Waals surface area contributed by atoms with Crippen LogP contribution in [0.4, 0.5) is 0 Å². The molecule has 0 aliphatic rings. The Morgan fingerprint density at radius 2 is 0.667 bits per heavy atom. The largest absolute Gasteiger partial charge is 0.308 e. The molecule has 0 atom stereocenters. The third kappa shape index (κ3) is 7.51. The van der Waals surface area contributed by atoms with Gasteiger partial charge >= 0.3 is 0 Å². The van der Waals surface area contributed by atoms with E-state index in [1.54, 1.807) is 0 Å². The van der Waals surface area contributed by atoms with Crippen molar-refractivity contribution in [3.63, 3.8) is 0 Å². The Morgan fingerprint density at radius 1 is 0.226 bits per heavy atom. The number of nitrogens with zero attached hydrogens (tertiary/aromatic N) is 4. The number of hydrogen-bond acceptors (Lipinski definition) is 4. The SMILES string of the molecule is c1ccc(-c2cnc3c4cc5c(cc4n(-c4ccc(-c6ccc7ccccc7c6)cc4)c3c2)sc2cc(-c3ccc(-c4cnc6c7cc8c(cc7n(-c7cccc(-c9ccc%10ccccc%10c9)c7)c6c4)sc4ccccc48)cc3)ccc25)cc1. The fourth-order valence-corrected chi connectivity index (χ4v) is 15.4. The van der Waals surface area contributed by atoms with Crippen LogP contribution in [0.25, 0.3) is 173 Å². The van der Waals surface area contributed by atoms with E-state index < -0.39 is 0 Å². The van der Waals surface area contributed by atoms with Crippen molar-refractivity contribution in [1.82, 2.24) is 19.1 Å². The monoisotopic (exact) mass is 1100 g/mol. The highest BCUT2D eigenvalue weighted by Crippen LogP contribution is 2.45. The summed E-state index contributed by atoms with van der Waals surface area (Å²) < 4.78 is 9.91. The first-order valence-corrected chi connectivity index (χ1v) is 30.1. The topological polar surface area (TPSA) is 35.6 Å². The maximum atomic E-state index is 5.33. The maximum Gasteiger partial charge on any atom is 0.0964 e. The standard InChI is InChI=1S/C78H46N4S2/c1-2-11-47(12-3-1)59-38-71-77(79-45-59)67-42-66-64-34-31-58(40-74(64)84-76(66)43-69(67)81(71)61-32-29-51(30-33-61)56-27-25-48-13-4-6-15-53(48)35-56)50-21-23-52(24-22-50)60-39-72-78(80-46-60)68-41-65-63-19-8-9-20-73(63)83-75(65)44-70(68)82(72)62-18-10-17-55(37-62)57-28-26-49-14-5-7-16-54(49)36-57/h1-46H. The Hall–Kier alpha value is -10.5. The zero-order chi connectivity index (χ0) is 55.0. The molecule has 0 amide bonds. The average molecular weight is 1100 g/mol. The Bertz CT molecular complexity index is 5730. The molecule has 0 aliphatic heterocycles. The normalized spacial score (nSPS) is 12.0. The molecular weight excluding hydrogens is 1060 g/mol. The van der Waals surface area contributed by atoms with Crippen LogP contribution in [-0.4, -0.2) is 19.1 Å². The van der Waals surface area contributed by atoms with Gasteiger partial charge < -0.3 is 9.13 Å². The summed E-state index contributed by atoms with van der Waals surface area (Å²) in [5.74, 6) is 0. The van der Waals surface area contributed by atoms with Gasteiger partial charge in [-0.25, -0.2) is 0 Å². The second-order valence-corrected chi connectivity index (χ2v) is 24.3. The highest BCUT2D eigenvalue weighted by molar-refractivity contribution is 7.26. The molecule has 6 heterocycles. The lowest BCUT2D eigenvalue weighted by molar-refractivity contribution is 1.18. The van der Waals surface area contributed by atoms with Crippen molar-refractivity contribution in [2.75, 3.05) is 0 Å². The third-order valence-electron chi connectivity index (χ3n) is 17.3. The Kier molecular flexibility index (Phi) is 10.4. The maximum absolute atomic E-state index is 5.33. The van der Waals surface area contributed by atoms with Crippen LogP contribution >= 0.6 is 22.7 Å². The molecule has 0 radical (unpaired) electrons. The molecule has 6 aromatic heterocycles. The van der Waals surface area contributed by atoms with Gasteiger partial charge in [-0.15, -0.1) is 22.7 Å². The van der Waals surface area contributed by atoms with Gasteiger partial charge in [-0.1, -0.05) is 182 Å². The quantitative estimate of drug-likeness (QED) is 0.159. The van der Waals surface area contributed by atoms with E-state index in [0.29, 0.717) is 0 Å². The zero-order valence-corrected chi connectivity index (χ0v) is 46.8. The molecule has 6 heteroatoms. The Morgan fingerprint density at radius 3 is 1.31 bits per heavy atom. The van der Waals surface area contributed by atoms with Crippen molar-refractivity contribution in [3.05, 3.63) is 279 Å². The summed E-state index contributed by atoms with van der Waals surface area (Å²) in [6, 6.07) is 98.1. The van der Waals surface area contributed by atoms with Crippen molar-refractivity contribution in [3.8, 4) is 67.0 Å². The highest BCUT2D eigenvalue weighted by Gasteiger charge is 2.21. The highest BCUT2D eigenvalue weighted by atomic mass is 32.1. The number of fused-ring (bicyclic) bond motifs is 14. The molecule has 0 aliphatic carbocycles. The number of benzene rings is 12. The Balaban J connectivity index is 0.720. The second-order valence-electron chi connectivity index (χ2n) is 22.2. The lowest BCUT2D eigenvalue weighted by atomic mass is 10.00. The first-order chi connectivity index (χ1) is 41.6. The van der Waals surface area contributed by atoms with E-state index in [-0.39, 0.29) is 0 Å². The number of aromatic nitrogens is 4. The van der Waals surface area contributed by atoms with Gasteiger partial charge in [0, 0.05) is 86.0 Å². The lowest BCUT2D eigenvalue weighted by Gasteiger charge is -2.12. The van der Waals surface area contributed by atoms with E-state index in [1.165, 1.54) is 95.3 Å². The summed E-state index contributed by atoms with van der Waals surface area (Å²) in [6.45, 7) is 0. The van der Waals surface area contributed by atoms with E-state index in [2.05, 4.69) is 282 Å². The summed E-state index contributed by atoms with van der Waals surface area (Å²) in [4.78, 5) is 10.6. The third-order valence-corrected chi connectivity index (χ3v) is 19.6. The predicted molar refractivity (Wildman–Crippen MR) is 359 cm³/mol. The van der Waals surface area contributed by atoms with Crippen molar-refractivity contribution < 1.29 is 0 Å². The molecule has 18 aromatic rings. The minimum Gasteiger partial charge on any atom is -0.308 e. The van der Waals surface area contributed by atoms with Gasteiger partial charge in [0.15, 0.2) is 0 Å². The van der Waals surface area contributed by atoms with Crippen LogP contribution in [0.15, 0.2) is 279 Å². The molecule has 18 rings (SSSR count). The number of rotatable bonds is 7. The minimum atomic E-state index is 0.997. The van der Waals surface area contributed by atoms with Crippen LogP contribution in [-0.2, 0) is 0 Å². The molecule has 0 unspecified atom stereocenters.